The normalized spacial score (nSPS) is 12.8. The van der Waals surface area contributed by atoms with Gasteiger partial charge in [0.1, 0.15) is 0 Å². The molecule has 3 aromatic rings. The second-order valence-electron chi connectivity index (χ2n) is 9.18. The summed E-state index contributed by atoms with van der Waals surface area (Å²) in [5.74, 6) is -0.294. The highest BCUT2D eigenvalue weighted by Gasteiger charge is 2.18. The lowest BCUT2D eigenvalue weighted by Crippen LogP contribution is -2.26. The Labute approximate surface area is 201 Å². The Hall–Kier alpha value is -2.83. The molecule has 0 aliphatic rings. The molecule has 0 bridgehead atoms. The quantitative estimate of drug-likeness (QED) is 0.435. The van der Waals surface area contributed by atoms with Gasteiger partial charge >= 0.3 is 0 Å². The maximum absolute atomic E-state index is 12.7. The molecule has 2 N–H and O–H groups in total. The number of halogens is 1. The molecular weight excluding hydrogens is 456 g/mol. The predicted molar refractivity (Wildman–Crippen MR) is 134 cm³/mol. The lowest BCUT2D eigenvalue weighted by atomic mass is 9.86. The van der Waals surface area contributed by atoms with E-state index in [-0.39, 0.29) is 33.0 Å². The zero-order valence-corrected chi connectivity index (χ0v) is 21.0. The van der Waals surface area contributed by atoms with E-state index < -0.39 is 10.0 Å². The molecule has 0 unspecified atom stereocenters. The number of anilines is 1. The van der Waals surface area contributed by atoms with Crippen LogP contribution in [0.4, 0.5) is 5.69 Å². The van der Waals surface area contributed by atoms with E-state index in [2.05, 4.69) is 42.9 Å². The van der Waals surface area contributed by atoms with Crippen molar-refractivity contribution in [3.63, 3.8) is 0 Å². The standard InChI is InChI=1S/C26H29ClN2O3S/c1-17-6-13-22(14-7-17)33(31,32)29-24-15-10-20(16-23(24)27)25(30)28-18(2)19-8-11-21(12-9-19)26(3,4)5/h6-16,18,29H,1-5H3,(H,28,30)/t18-/m1/s1. The maximum atomic E-state index is 12.7. The Morgan fingerprint density at radius 2 is 1.55 bits per heavy atom. The van der Waals surface area contributed by atoms with Crippen LogP contribution in [0.2, 0.25) is 5.02 Å². The highest BCUT2D eigenvalue weighted by molar-refractivity contribution is 7.92. The van der Waals surface area contributed by atoms with Crippen molar-refractivity contribution < 1.29 is 13.2 Å². The molecule has 33 heavy (non-hydrogen) atoms. The lowest BCUT2D eigenvalue weighted by Gasteiger charge is -2.21. The molecule has 0 radical (unpaired) electrons. The van der Waals surface area contributed by atoms with Crippen LogP contribution in [0.3, 0.4) is 0 Å². The molecule has 0 aliphatic heterocycles. The summed E-state index contributed by atoms with van der Waals surface area (Å²) in [6.45, 7) is 10.3. The van der Waals surface area contributed by atoms with Gasteiger partial charge in [-0.15, -0.1) is 0 Å². The summed E-state index contributed by atoms with van der Waals surface area (Å²) in [4.78, 5) is 12.9. The first-order chi connectivity index (χ1) is 15.4. The van der Waals surface area contributed by atoms with E-state index in [1.54, 1.807) is 18.2 Å². The van der Waals surface area contributed by atoms with Crippen molar-refractivity contribution in [1.29, 1.82) is 0 Å². The Kier molecular flexibility index (Phi) is 7.20. The van der Waals surface area contributed by atoms with Gasteiger partial charge in [0.25, 0.3) is 15.9 Å². The van der Waals surface area contributed by atoms with Gasteiger partial charge in [-0.05, 0) is 60.7 Å². The van der Waals surface area contributed by atoms with Gasteiger partial charge < -0.3 is 5.32 Å². The first-order valence-electron chi connectivity index (χ1n) is 10.7. The number of rotatable bonds is 6. The van der Waals surface area contributed by atoms with Crippen LogP contribution in [0.1, 0.15) is 60.8 Å². The number of aryl methyl sites for hydroxylation is 1. The molecule has 1 atom stereocenters. The maximum Gasteiger partial charge on any atom is 0.261 e. The van der Waals surface area contributed by atoms with Crippen molar-refractivity contribution in [3.05, 3.63) is 94.0 Å². The summed E-state index contributed by atoms with van der Waals surface area (Å²) < 4.78 is 27.7. The first kappa shape index (κ1) is 24.8. The van der Waals surface area contributed by atoms with E-state index in [1.807, 2.05) is 26.0 Å². The molecule has 0 spiro atoms. The summed E-state index contributed by atoms with van der Waals surface area (Å²) in [6.07, 6.45) is 0. The van der Waals surface area contributed by atoms with Gasteiger partial charge in [0.05, 0.1) is 21.6 Å². The van der Waals surface area contributed by atoms with Crippen molar-refractivity contribution in [2.24, 2.45) is 0 Å². The summed E-state index contributed by atoms with van der Waals surface area (Å²) in [7, 11) is -3.79. The molecule has 0 aromatic heterocycles. The van der Waals surface area contributed by atoms with Crippen LogP contribution in [0.15, 0.2) is 71.6 Å². The molecule has 0 fully saturated rings. The molecule has 0 heterocycles. The molecule has 5 nitrogen and oxygen atoms in total. The molecule has 1 amide bonds. The number of benzene rings is 3. The fourth-order valence-electron chi connectivity index (χ4n) is 3.30. The predicted octanol–water partition coefficient (Wildman–Crippen LogP) is 6.24. The van der Waals surface area contributed by atoms with Gasteiger partial charge in [0.2, 0.25) is 0 Å². The fourth-order valence-corrected chi connectivity index (χ4v) is 4.66. The molecule has 0 saturated heterocycles. The van der Waals surface area contributed by atoms with Crippen LogP contribution in [-0.2, 0) is 15.4 Å². The van der Waals surface area contributed by atoms with E-state index in [9.17, 15) is 13.2 Å². The van der Waals surface area contributed by atoms with E-state index in [0.717, 1.165) is 11.1 Å². The SMILES string of the molecule is Cc1ccc(S(=O)(=O)Nc2ccc(C(=O)N[C@H](C)c3ccc(C(C)(C)C)cc3)cc2Cl)cc1. The largest absolute Gasteiger partial charge is 0.346 e. The third-order valence-corrected chi connectivity index (χ3v) is 7.13. The topological polar surface area (TPSA) is 75.3 Å². The minimum Gasteiger partial charge on any atom is -0.346 e. The molecule has 174 valence electrons. The number of carbonyl (C=O) groups excluding carboxylic acids is 1. The zero-order chi connectivity index (χ0) is 24.4. The summed E-state index contributed by atoms with van der Waals surface area (Å²) in [5.41, 5.74) is 3.78. The third kappa shape index (κ3) is 6.15. The van der Waals surface area contributed by atoms with Gasteiger partial charge in [0, 0.05) is 5.56 Å². The minimum absolute atomic E-state index is 0.0600. The summed E-state index contributed by atoms with van der Waals surface area (Å²) in [5, 5.41) is 3.10. The Morgan fingerprint density at radius 1 is 0.939 bits per heavy atom. The van der Waals surface area contributed by atoms with Crippen LogP contribution in [-0.4, -0.2) is 14.3 Å². The van der Waals surface area contributed by atoms with Crippen molar-refractivity contribution in [3.8, 4) is 0 Å². The molecule has 3 aromatic carbocycles. The Bertz CT molecular complexity index is 1250. The fraction of sp³-hybridized carbons (Fsp3) is 0.269. The van der Waals surface area contributed by atoms with Gasteiger partial charge in [-0.1, -0.05) is 74.3 Å². The third-order valence-electron chi connectivity index (χ3n) is 5.43. The number of hydrogen-bond acceptors (Lipinski definition) is 3. The molecule has 7 heteroatoms. The van der Waals surface area contributed by atoms with Crippen LogP contribution < -0.4 is 10.0 Å². The Morgan fingerprint density at radius 3 is 2.09 bits per heavy atom. The first-order valence-corrected chi connectivity index (χ1v) is 12.5. The number of hydrogen-bond donors (Lipinski definition) is 2. The van der Waals surface area contributed by atoms with Crippen LogP contribution >= 0.6 is 11.6 Å². The number of carbonyl (C=O) groups is 1. The number of sulfonamides is 1. The van der Waals surface area contributed by atoms with E-state index in [0.29, 0.717) is 5.56 Å². The van der Waals surface area contributed by atoms with Gasteiger partial charge in [-0.25, -0.2) is 8.42 Å². The molecule has 0 aliphatic carbocycles. The minimum atomic E-state index is -3.79. The number of amides is 1. The smallest absolute Gasteiger partial charge is 0.261 e. The van der Waals surface area contributed by atoms with E-state index in [4.69, 9.17) is 11.6 Å². The van der Waals surface area contributed by atoms with E-state index in [1.165, 1.54) is 29.8 Å². The number of nitrogens with one attached hydrogen (secondary N) is 2. The van der Waals surface area contributed by atoms with Crippen LogP contribution in [0.5, 0.6) is 0 Å². The van der Waals surface area contributed by atoms with Crippen LogP contribution in [0.25, 0.3) is 0 Å². The lowest BCUT2D eigenvalue weighted by molar-refractivity contribution is 0.0940. The Balaban J connectivity index is 1.71. The summed E-state index contributed by atoms with van der Waals surface area (Å²) >= 11 is 6.30. The summed E-state index contributed by atoms with van der Waals surface area (Å²) in [6, 6.07) is 19.0. The van der Waals surface area contributed by atoms with Crippen molar-refractivity contribution in [2.75, 3.05) is 4.72 Å². The van der Waals surface area contributed by atoms with Crippen molar-refractivity contribution >= 4 is 33.2 Å². The monoisotopic (exact) mass is 484 g/mol. The van der Waals surface area contributed by atoms with Gasteiger partial charge in [-0.3, -0.25) is 9.52 Å². The average molecular weight is 485 g/mol. The van der Waals surface area contributed by atoms with E-state index >= 15 is 0 Å². The molecule has 0 saturated carbocycles. The van der Waals surface area contributed by atoms with Crippen molar-refractivity contribution in [1.82, 2.24) is 5.32 Å². The second kappa shape index (κ2) is 9.57. The van der Waals surface area contributed by atoms with Crippen molar-refractivity contribution in [2.45, 2.75) is 51.0 Å². The van der Waals surface area contributed by atoms with Crippen LogP contribution in [0, 0.1) is 6.92 Å². The molecular formula is C26H29ClN2O3S. The molecule has 3 rings (SSSR count). The highest BCUT2D eigenvalue weighted by Crippen LogP contribution is 2.27. The highest BCUT2D eigenvalue weighted by atomic mass is 35.5. The average Bonchev–Trinajstić information content (AvgIpc) is 2.74. The van der Waals surface area contributed by atoms with Gasteiger partial charge in [0.15, 0.2) is 0 Å². The zero-order valence-electron chi connectivity index (χ0n) is 19.4. The van der Waals surface area contributed by atoms with Gasteiger partial charge in [-0.2, -0.15) is 0 Å². The second-order valence-corrected chi connectivity index (χ2v) is 11.3.